The van der Waals surface area contributed by atoms with Gasteiger partial charge in [0.15, 0.2) is 0 Å². The summed E-state index contributed by atoms with van der Waals surface area (Å²) in [7, 11) is 0. The van der Waals surface area contributed by atoms with E-state index in [1.807, 2.05) is 13.0 Å². The van der Waals surface area contributed by atoms with Gasteiger partial charge in [0.1, 0.15) is 0 Å². The van der Waals surface area contributed by atoms with Crippen molar-refractivity contribution in [1.82, 2.24) is 0 Å². The van der Waals surface area contributed by atoms with Crippen molar-refractivity contribution >= 4 is 34.7 Å². The average molecular weight is 316 g/mol. The maximum Gasteiger partial charge on any atom is 0.0955 e. The minimum absolute atomic E-state index is 0.609. The zero-order valence-electron chi connectivity index (χ0n) is 12.3. The van der Waals surface area contributed by atoms with Crippen molar-refractivity contribution in [2.24, 2.45) is 4.99 Å². The second-order valence-corrected chi connectivity index (χ2v) is 5.72. The molecular formula is C18H18ClNS. The molecule has 0 aliphatic carbocycles. The van der Waals surface area contributed by atoms with Crippen molar-refractivity contribution in [3.8, 4) is 11.1 Å². The molecule has 0 atom stereocenters. The quantitative estimate of drug-likeness (QED) is 0.460. The Kier molecular flexibility index (Phi) is 5.69. The summed E-state index contributed by atoms with van der Waals surface area (Å²) >= 11 is 10.9. The second-order valence-electron chi connectivity index (χ2n) is 5.13. The average Bonchev–Trinajstić information content (AvgIpc) is 2.49. The number of unbranched alkanes of at least 4 members (excludes halogenated alkanes) is 1. The van der Waals surface area contributed by atoms with Crippen molar-refractivity contribution in [3.05, 3.63) is 52.5 Å². The number of thiocarbonyl (C=S) groups is 1. The van der Waals surface area contributed by atoms with Crippen LogP contribution in [0.3, 0.4) is 0 Å². The molecule has 0 saturated carbocycles. The van der Waals surface area contributed by atoms with Crippen molar-refractivity contribution in [1.29, 1.82) is 0 Å². The monoisotopic (exact) mass is 315 g/mol. The molecule has 2 aromatic rings. The third-order valence-electron chi connectivity index (χ3n) is 3.52. The van der Waals surface area contributed by atoms with Crippen molar-refractivity contribution in [2.45, 2.75) is 33.1 Å². The predicted octanol–water partition coefficient (Wildman–Crippen LogP) is 6.39. The molecule has 108 valence electrons. The summed E-state index contributed by atoms with van der Waals surface area (Å²) in [6, 6.07) is 12.7. The summed E-state index contributed by atoms with van der Waals surface area (Å²) in [6.07, 6.45) is 3.59. The molecule has 0 aromatic heterocycles. The van der Waals surface area contributed by atoms with Crippen LogP contribution >= 0.6 is 23.8 Å². The van der Waals surface area contributed by atoms with E-state index >= 15 is 0 Å². The number of hydrogen-bond acceptors (Lipinski definition) is 2. The van der Waals surface area contributed by atoms with Crippen LogP contribution in [0.25, 0.3) is 11.1 Å². The largest absolute Gasteiger partial charge is 0.193 e. The molecule has 0 unspecified atom stereocenters. The molecule has 1 nitrogen and oxygen atoms in total. The molecule has 0 amide bonds. The highest BCUT2D eigenvalue weighted by Gasteiger charge is 2.07. The highest BCUT2D eigenvalue weighted by molar-refractivity contribution is 7.78. The van der Waals surface area contributed by atoms with Crippen molar-refractivity contribution < 1.29 is 0 Å². The lowest BCUT2D eigenvalue weighted by Gasteiger charge is -2.08. The van der Waals surface area contributed by atoms with Crippen LogP contribution in [0.15, 0.2) is 41.4 Å². The number of benzene rings is 2. The molecule has 0 N–H and O–H groups in total. The van der Waals surface area contributed by atoms with Crippen LogP contribution in [-0.2, 0) is 6.42 Å². The lowest BCUT2D eigenvalue weighted by Crippen LogP contribution is -1.86. The normalized spacial score (nSPS) is 10.2. The first-order valence-electron chi connectivity index (χ1n) is 7.13. The third kappa shape index (κ3) is 4.01. The number of aryl methyl sites for hydroxylation is 2. The zero-order chi connectivity index (χ0) is 15.2. The van der Waals surface area contributed by atoms with E-state index in [1.165, 1.54) is 18.4 Å². The fourth-order valence-electron chi connectivity index (χ4n) is 2.34. The molecule has 0 radical (unpaired) electrons. The van der Waals surface area contributed by atoms with Gasteiger partial charge >= 0.3 is 0 Å². The van der Waals surface area contributed by atoms with Gasteiger partial charge in [0.2, 0.25) is 0 Å². The van der Waals surface area contributed by atoms with Gasteiger partial charge in [-0.1, -0.05) is 49.2 Å². The molecule has 0 saturated heterocycles. The van der Waals surface area contributed by atoms with Gasteiger partial charge in [0, 0.05) is 0 Å². The minimum atomic E-state index is 0.609. The lowest BCUT2D eigenvalue weighted by atomic mass is 10.00. The molecule has 2 aromatic carbocycles. The zero-order valence-corrected chi connectivity index (χ0v) is 13.9. The van der Waals surface area contributed by atoms with Crippen LogP contribution in [-0.4, -0.2) is 5.16 Å². The Morgan fingerprint density at radius 1 is 1.14 bits per heavy atom. The molecule has 0 fully saturated rings. The topological polar surface area (TPSA) is 12.4 Å². The standard InChI is InChI=1S/C18H18ClNS/c1-3-4-5-14-6-8-15(9-7-14)16-10-13(2)18(20-12-21)17(19)11-16/h6-11H,3-5H2,1-2H3. The SMILES string of the molecule is CCCCc1ccc(-c2cc(C)c(N=C=S)c(Cl)c2)cc1. The van der Waals surface area contributed by atoms with Gasteiger partial charge in [-0.3, -0.25) is 0 Å². The summed E-state index contributed by atoms with van der Waals surface area (Å²) in [5.41, 5.74) is 5.35. The Balaban J connectivity index is 2.32. The molecule has 0 heterocycles. The smallest absolute Gasteiger partial charge is 0.0955 e. The maximum absolute atomic E-state index is 6.28. The Morgan fingerprint density at radius 3 is 2.43 bits per heavy atom. The van der Waals surface area contributed by atoms with Crippen LogP contribution in [0.5, 0.6) is 0 Å². The Hall–Kier alpha value is -1.47. The van der Waals surface area contributed by atoms with Crippen LogP contribution in [0.1, 0.15) is 30.9 Å². The molecule has 3 heteroatoms. The van der Waals surface area contributed by atoms with E-state index in [2.05, 4.69) is 59.6 Å². The molecule has 0 bridgehead atoms. The van der Waals surface area contributed by atoms with Gasteiger partial charge in [-0.05, 0) is 66.4 Å². The van der Waals surface area contributed by atoms with E-state index in [9.17, 15) is 0 Å². The summed E-state index contributed by atoms with van der Waals surface area (Å²) in [5, 5.41) is 2.98. The number of isothiocyanates is 1. The first-order valence-corrected chi connectivity index (χ1v) is 7.91. The van der Waals surface area contributed by atoms with Crippen LogP contribution in [0, 0.1) is 6.92 Å². The number of hydrogen-bond donors (Lipinski definition) is 0. The van der Waals surface area contributed by atoms with Crippen molar-refractivity contribution in [2.75, 3.05) is 0 Å². The van der Waals surface area contributed by atoms with E-state index in [0.29, 0.717) is 10.7 Å². The highest BCUT2D eigenvalue weighted by atomic mass is 35.5. The molecule has 0 aliphatic heterocycles. The maximum atomic E-state index is 6.28. The van der Waals surface area contributed by atoms with Gasteiger partial charge < -0.3 is 0 Å². The first kappa shape index (κ1) is 15.9. The number of nitrogens with zero attached hydrogens (tertiary/aromatic N) is 1. The molecule has 0 spiro atoms. The van der Waals surface area contributed by atoms with Crippen molar-refractivity contribution in [3.63, 3.8) is 0 Å². The van der Waals surface area contributed by atoms with E-state index in [1.54, 1.807) is 0 Å². The fraction of sp³-hybridized carbons (Fsp3) is 0.278. The third-order valence-corrected chi connectivity index (χ3v) is 3.90. The summed E-state index contributed by atoms with van der Waals surface area (Å²) in [5.74, 6) is 0. The van der Waals surface area contributed by atoms with Gasteiger partial charge in [-0.25, -0.2) is 0 Å². The number of rotatable bonds is 5. The summed E-state index contributed by atoms with van der Waals surface area (Å²) in [6.45, 7) is 4.19. The first-order chi connectivity index (χ1) is 10.2. The number of halogens is 1. The Morgan fingerprint density at radius 2 is 1.86 bits per heavy atom. The van der Waals surface area contributed by atoms with E-state index in [4.69, 9.17) is 11.6 Å². The van der Waals surface area contributed by atoms with E-state index in [0.717, 1.165) is 23.1 Å². The van der Waals surface area contributed by atoms with E-state index < -0.39 is 0 Å². The van der Waals surface area contributed by atoms with Gasteiger partial charge in [0.05, 0.1) is 15.9 Å². The fourth-order valence-corrected chi connectivity index (χ4v) is 2.74. The lowest BCUT2D eigenvalue weighted by molar-refractivity contribution is 0.795. The van der Waals surface area contributed by atoms with E-state index in [-0.39, 0.29) is 0 Å². The minimum Gasteiger partial charge on any atom is -0.193 e. The highest BCUT2D eigenvalue weighted by Crippen LogP contribution is 2.34. The summed E-state index contributed by atoms with van der Waals surface area (Å²) < 4.78 is 0. The molecule has 2 rings (SSSR count). The Bertz CT molecular complexity index is 647. The Labute approximate surface area is 136 Å². The summed E-state index contributed by atoms with van der Waals surface area (Å²) in [4.78, 5) is 4.02. The van der Waals surface area contributed by atoms with Gasteiger partial charge in [-0.2, -0.15) is 4.99 Å². The van der Waals surface area contributed by atoms with Crippen LogP contribution in [0.4, 0.5) is 5.69 Å². The molecular weight excluding hydrogens is 298 g/mol. The van der Waals surface area contributed by atoms with Gasteiger partial charge in [0.25, 0.3) is 0 Å². The van der Waals surface area contributed by atoms with Crippen LogP contribution < -0.4 is 0 Å². The second kappa shape index (κ2) is 7.51. The molecule has 0 aliphatic rings. The number of aliphatic imine (C=N–C) groups is 1. The predicted molar refractivity (Wildman–Crippen MR) is 94.9 cm³/mol. The van der Waals surface area contributed by atoms with Crippen LogP contribution in [0.2, 0.25) is 5.02 Å². The van der Waals surface area contributed by atoms with Gasteiger partial charge in [-0.15, -0.1) is 0 Å². The molecule has 21 heavy (non-hydrogen) atoms.